The van der Waals surface area contributed by atoms with E-state index < -0.39 is 0 Å². The molecule has 0 saturated carbocycles. The second-order valence-corrected chi connectivity index (χ2v) is 3.09. The standard InChI is InChI=1S/C13H17/c1-2-4-6-8-10-12-13-11-9-7-5-3-1/h1-4,7,10,12H,5-6,8,11,13H2. The molecule has 0 aromatic carbocycles. The van der Waals surface area contributed by atoms with Gasteiger partial charge in [0.15, 0.2) is 0 Å². The van der Waals surface area contributed by atoms with Crippen molar-refractivity contribution in [3.63, 3.8) is 0 Å². The Labute approximate surface area is 81.4 Å². The van der Waals surface area contributed by atoms with Gasteiger partial charge in [-0.05, 0) is 38.2 Å². The molecule has 1 radical (unpaired) electrons. The molecule has 0 heteroatoms. The quantitative estimate of drug-likeness (QED) is 0.486. The first-order valence-corrected chi connectivity index (χ1v) is 5.02. The second kappa shape index (κ2) is 7.60. The lowest BCUT2D eigenvalue weighted by Gasteiger charge is -1.86. The Morgan fingerprint density at radius 1 is 0.769 bits per heavy atom. The SMILES string of the molecule is [C]1=CCC=CC=CCCC=CCC1. The minimum atomic E-state index is 1.01. The van der Waals surface area contributed by atoms with Crippen LogP contribution in [0.15, 0.2) is 42.5 Å². The van der Waals surface area contributed by atoms with Gasteiger partial charge in [0, 0.05) is 0 Å². The number of allylic oxidation sites excluding steroid dienone is 8. The molecule has 0 amide bonds. The van der Waals surface area contributed by atoms with Gasteiger partial charge in [-0.15, -0.1) is 0 Å². The number of rotatable bonds is 0. The van der Waals surface area contributed by atoms with Crippen LogP contribution in [0.3, 0.4) is 0 Å². The summed E-state index contributed by atoms with van der Waals surface area (Å²) in [7, 11) is 0. The summed E-state index contributed by atoms with van der Waals surface area (Å²) in [4.78, 5) is 0. The summed E-state index contributed by atoms with van der Waals surface area (Å²) in [5, 5.41) is 0. The molecule has 0 saturated heterocycles. The average Bonchev–Trinajstić information content (AvgIpc) is 2.18. The van der Waals surface area contributed by atoms with Crippen molar-refractivity contribution in [3.05, 3.63) is 48.6 Å². The van der Waals surface area contributed by atoms with Gasteiger partial charge >= 0.3 is 0 Å². The van der Waals surface area contributed by atoms with Crippen LogP contribution in [0, 0.1) is 6.08 Å². The maximum absolute atomic E-state index is 3.27. The van der Waals surface area contributed by atoms with E-state index in [4.69, 9.17) is 0 Å². The molecule has 0 heterocycles. The fraction of sp³-hybridized carbons (Fsp3) is 0.385. The van der Waals surface area contributed by atoms with Crippen molar-refractivity contribution >= 4 is 0 Å². The topological polar surface area (TPSA) is 0 Å². The summed E-state index contributed by atoms with van der Waals surface area (Å²) in [6.45, 7) is 0. The van der Waals surface area contributed by atoms with Crippen molar-refractivity contribution in [1.29, 1.82) is 0 Å². The minimum absolute atomic E-state index is 1.01. The molecule has 0 nitrogen and oxygen atoms in total. The van der Waals surface area contributed by atoms with Gasteiger partial charge in [0.05, 0.1) is 0 Å². The fourth-order valence-electron chi connectivity index (χ4n) is 1.18. The zero-order chi connectivity index (χ0) is 9.19. The Bertz CT molecular complexity index is 216. The number of hydrogen-bond acceptors (Lipinski definition) is 0. The fourth-order valence-corrected chi connectivity index (χ4v) is 1.18. The van der Waals surface area contributed by atoms with Gasteiger partial charge in [0.25, 0.3) is 0 Å². The average molecular weight is 173 g/mol. The zero-order valence-corrected chi connectivity index (χ0v) is 8.08. The Morgan fingerprint density at radius 3 is 2.54 bits per heavy atom. The van der Waals surface area contributed by atoms with E-state index >= 15 is 0 Å². The van der Waals surface area contributed by atoms with Gasteiger partial charge in [0.1, 0.15) is 0 Å². The van der Waals surface area contributed by atoms with Gasteiger partial charge in [-0.2, -0.15) is 0 Å². The van der Waals surface area contributed by atoms with Crippen LogP contribution in [0.4, 0.5) is 0 Å². The number of hydrogen-bond donors (Lipinski definition) is 0. The molecule has 0 bridgehead atoms. The van der Waals surface area contributed by atoms with Crippen LogP contribution in [0.25, 0.3) is 0 Å². The maximum atomic E-state index is 3.27. The molecule has 0 fully saturated rings. The first-order valence-electron chi connectivity index (χ1n) is 5.02. The molecular formula is C13H17. The second-order valence-electron chi connectivity index (χ2n) is 3.09. The minimum Gasteiger partial charge on any atom is -0.0882 e. The van der Waals surface area contributed by atoms with Crippen molar-refractivity contribution in [3.8, 4) is 0 Å². The molecule has 69 valence electrons. The lowest BCUT2D eigenvalue weighted by atomic mass is 10.2. The van der Waals surface area contributed by atoms with Crippen LogP contribution in [-0.2, 0) is 0 Å². The van der Waals surface area contributed by atoms with Gasteiger partial charge in [-0.25, -0.2) is 0 Å². The van der Waals surface area contributed by atoms with Crippen molar-refractivity contribution in [2.45, 2.75) is 32.1 Å². The van der Waals surface area contributed by atoms with E-state index in [2.05, 4.69) is 48.6 Å². The van der Waals surface area contributed by atoms with E-state index in [0.717, 1.165) is 32.1 Å². The van der Waals surface area contributed by atoms with Crippen LogP contribution < -0.4 is 0 Å². The molecule has 0 spiro atoms. The van der Waals surface area contributed by atoms with Crippen LogP contribution in [0.1, 0.15) is 32.1 Å². The molecule has 0 atom stereocenters. The summed E-state index contributed by atoms with van der Waals surface area (Å²) in [6, 6.07) is 0. The van der Waals surface area contributed by atoms with Gasteiger partial charge in [-0.1, -0.05) is 42.5 Å². The monoisotopic (exact) mass is 173 g/mol. The van der Waals surface area contributed by atoms with Crippen molar-refractivity contribution in [2.75, 3.05) is 0 Å². The molecule has 1 rings (SSSR count). The molecule has 0 aromatic rings. The van der Waals surface area contributed by atoms with Crippen LogP contribution >= 0.6 is 0 Å². The van der Waals surface area contributed by atoms with Gasteiger partial charge < -0.3 is 0 Å². The summed E-state index contributed by atoms with van der Waals surface area (Å²) < 4.78 is 0. The lowest BCUT2D eigenvalue weighted by Crippen LogP contribution is -1.67. The molecular weight excluding hydrogens is 156 g/mol. The van der Waals surface area contributed by atoms with E-state index in [0.29, 0.717) is 0 Å². The molecule has 1 aliphatic carbocycles. The Kier molecular flexibility index (Phi) is 5.87. The third-order valence-corrected chi connectivity index (χ3v) is 1.90. The molecule has 0 aromatic heterocycles. The summed E-state index contributed by atoms with van der Waals surface area (Å²) in [6.07, 6.45) is 24.0. The Morgan fingerprint density at radius 2 is 1.54 bits per heavy atom. The van der Waals surface area contributed by atoms with Crippen LogP contribution in [0.5, 0.6) is 0 Å². The molecule has 0 N–H and O–H groups in total. The highest BCUT2D eigenvalue weighted by atomic mass is 13.9. The summed E-state index contributed by atoms with van der Waals surface area (Å²) in [5.74, 6) is 0. The van der Waals surface area contributed by atoms with E-state index in [1.165, 1.54) is 0 Å². The van der Waals surface area contributed by atoms with Crippen molar-refractivity contribution < 1.29 is 0 Å². The normalized spacial score (nSPS) is 19.1. The third-order valence-electron chi connectivity index (χ3n) is 1.90. The van der Waals surface area contributed by atoms with E-state index in [1.54, 1.807) is 0 Å². The van der Waals surface area contributed by atoms with Crippen LogP contribution in [0.2, 0.25) is 0 Å². The first kappa shape index (κ1) is 10.0. The zero-order valence-electron chi connectivity index (χ0n) is 8.08. The molecule has 13 heavy (non-hydrogen) atoms. The molecule has 0 unspecified atom stereocenters. The van der Waals surface area contributed by atoms with E-state index in [9.17, 15) is 0 Å². The third kappa shape index (κ3) is 6.15. The van der Waals surface area contributed by atoms with E-state index in [-0.39, 0.29) is 0 Å². The van der Waals surface area contributed by atoms with E-state index in [1.807, 2.05) is 0 Å². The molecule has 1 aliphatic rings. The maximum Gasteiger partial charge on any atom is -0.0160 e. The highest BCUT2D eigenvalue weighted by molar-refractivity contribution is 5.05. The molecule has 0 aliphatic heterocycles. The largest absolute Gasteiger partial charge is 0.0882 e. The summed E-state index contributed by atoms with van der Waals surface area (Å²) >= 11 is 0. The van der Waals surface area contributed by atoms with Crippen molar-refractivity contribution in [2.24, 2.45) is 0 Å². The highest BCUT2D eigenvalue weighted by Gasteiger charge is 1.80. The highest BCUT2D eigenvalue weighted by Crippen LogP contribution is 1.99. The van der Waals surface area contributed by atoms with Crippen LogP contribution in [-0.4, -0.2) is 0 Å². The Balaban J connectivity index is 2.38. The van der Waals surface area contributed by atoms with Gasteiger partial charge in [-0.3, -0.25) is 0 Å². The predicted molar refractivity (Wildman–Crippen MR) is 58.3 cm³/mol. The first-order chi connectivity index (χ1) is 6.50. The van der Waals surface area contributed by atoms with Gasteiger partial charge in [0.2, 0.25) is 0 Å². The van der Waals surface area contributed by atoms with Crippen molar-refractivity contribution in [1.82, 2.24) is 0 Å². The lowest BCUT2D eigenvalue weighted by molar-refractivity contribution is 0.988. The smallest absolute Gasteiger partial charge is 0.0160 e. The predicted octanol–water partition coefficient (Wildman–Crippen LogP) is 3.98. The Hall–Kier alpha value is -1.04. The summed E-state index contributed by atoms with van der Waals surface area (Å²) in [5.41, 5.74) is 0.